The van der Waals surface area contributed by atoms with E-state index in [0.29, 0.717) is 19.3 Å². The molecule has 2 atom stereocenters. The number of hydrogen-bond acceptors (Lipinski definition) is 6. The van der Waals surface area contributed by atoms with Gasteiger partial charge in [0.15, 0.2) is 0 Å². The zero-order valence-corrected chi connectivity index (χ0v) is 24.7. The maximum Gasteiger partial charge on any atom is 0.244 e. The Morgan fingerprint density at radius 2 is 0.892 bits per heavy atom. The summed E-state index contributed by atoms with van der Waals surface area (Å²) in [7, 11) is 0. The lowest BCUT2D eigenvalue weighted by molar-refractivity contribution is -0.575. The lowest BCUT2D eigenvalue weighted by Crippen LogP contribution is -2.41. The van der Waals surface area contributed by atoms with Gasteiger partial charge in [0.25, 0.3) is 0 Å². The molecule has 0 aromatic rings. The Kier molecular flexibility index (Phi) is 25.6. The van der Waals surface area contributed by atoms with E-state index in [0.717, 1.165) is 38.5 Å². The summed E-state index contributed by atoms with van der Waals surface area (Å²) >= 11 is 0. The molecule has 0 bridgehead atoms. The van der Waals surface area contributed by atoms with E-state index in [1.807, 2.05) is 0 Å². The van der Waals surface area contributed by atoms with Crippen LogP contribution in [0.5, 0.6) is 0 Å². The fourth-order valence-electron chi connectivity index (χ4n) is 4.46. The van der Waals surface area contributed by atoms with E-state index in [1.165, 1.54) is 84.0 Å². The van der Waals surface area contributed by atoms with Crippen LogP contribution >= 0.6 is 0 Å². The van der Waals surface area contributed by atoms with Gasteiger partial charge in [0.2, 0.25) is 11.1 Å². The van der Waals surface area contributed by atoms with E-state index in [1.54, 1.807) is 6.92 Å². The number of aliphatic hydroxyl groups is 2. The van der Waals surface area contributed by atoms with Crippen LogP contribution in [0.2, 0.25) is 0 Å². The summed E-state index contributed by atoms with van der Waals surface area (Å²) in [6.07, 6.45) is 23.2. The quantitative estimate of drug-likeness (QED) is 0.0692. The molecular weight excluding hydrogens is 472 g/mol. The van der Waals surface area contributed by atoms with Crippen LogP contribution in [0.3, 0.4) is 0 Å². The molecule has 0 aromatic carbocycles. The molecule has 2 unspecified atom stereocenters. The highest BCUT2D eigenvalue weighted by atomic mass is 16.6. The molecule has 0 rings (SSSR count). The predicted octanol–water partition coefficient (Wildman–Crippen LogP) is 8.26. The Morgan fingerprint density at radius 1 is 0.541 bits per heavy atom. The SMILES string of the molecule is CCCCCCCCC(CC)(CO)[N+](=O)[O-].CCCCCCCCCCCCCCC(C)(CO)[N+](=O)[O-]. The summed E-state index contributed by atoms with van der Waals surface area (Å²) in [5, 5.41) is 40.0. The number of unbranched alkanes of at least 4 members (excludes halogenated alkanes) is 16. The van der Waals surface area contributed by atoms with Crippen molar-refractivity contribution in [1.29, 1.82) is 0 Å². The average molecular weight is 533 g/mol. The summed E-state index contributed by atoms with van der Waals surface area (Å²) in [5.74, 6) is 0. The molecule has 0 fully saturated rings. The maximum atomic E-state index is 10.9. The van der Waals surface area contributed by atoms with Gasteiger partial charge in [0.1, 0.15) is 13.2 Å². The second kappa shape index (κ2) is 25.0. The van der Waals surface area contributed by atoms with E-state index in [-0.39, 0.29) is 23.1 Å². The lowest BCUT2D eigenvalue weighted by atomic mass is 9.91. The van der Waals surface area contributed by atoms with Gasteiger partial charge in [-0.1, -0.05) is 124 Å². The van der Waals surface area contributed by atoms with Gasteiger partial charge >= 0.3 is 0 Å². The highest BCUT2D eigenvalue weighted by Gasteiger charge is 2.39. The monoisotopic (exact) mass is 532 g/mol. The molecule has 8 heteroatoms. The first-order valence-electron chi connectivity index (χ1n) is 15.2. The van der Waals surface area contributed by atoms with E-state index < -0.39 is 11.1 Å². The third-order valence-electron chi connectivity index (χ3n) is 7.69. The van der Waals surface area contributed by atoms with E-state index in [2.05, 4.69) is 13.8 Å². The van der Waals surface area contributed by atoms with Crippen molar-refractivity contribution < 1.29 is 20.1 Å². The summed E-state index contributed by atoms with van der Waals surface area (Å²) in [6, 6.07) is 0. The van der Waals surface area contributed by atoms with Gasteiger partial charge in [0.05, 0.1) is 0 Å². The first kappa shape index (κ1) is 37.9. The summed E-state index contributed by atoms with van der Waals surface area (Å²) in [6.45, 7) is 7.01. The zero-order valence-electron chi connectivity index (χ0n) is 24.7. The molecule has 0 amide bonds. The summed E-state index contributed by atoms with van der Waals surface area (Å²) in [4.78, 5) is 21.1. The smallest absolute Gasteiger partial charge is 0.244 e. The number of nitro groups is 2. The largest absolute Gasteiger partial charge is 0.389 e. The second-order valence-corrected chi connectivity index (χ2v) is 11.1. The molecule has 0 aliphatic rings. The normalized spacial score (nSPS) is 14.3. The molecule has 0 aliphatic carbocycles. The minimum absolute atomic E-state index is 0.307. The second-order valence-electron chi connectivity index (χ2n) is 11.1. The van der Waals surface area contributed by atoms with Crippen LogP contribution in [0, 0.1) is 20.2 Å². The Hall–Kier alpha value is -1.28. The first-order chi connectivity index (χ1) is 17.7. The van der Waals surface area contributed by atoms with Crippen LogP contribution in [-0.4, -0.2) is 44.4 Å². The van der Waals surface area contributed by atoms with Crippen molar-refractivity contribution in [2.45, 2.75) is 174 Å². The minimum Gasteiger partial charge on any atom is -0.389 e. The molecular formula is C29H60N2O6. The third kappa shape index (κ3) is 19.4. The average Bonchev–Trinajstić information content (AvgIpc) is 2.89. The lowest BCUT2D eigenvalue weighted by Gasteiger charge is -2.21. The van der Waals surface area contributed by atoms with Crippen LogP contribution in [-0.2, 0) is 0 Å². The number of nitrogens with zero attached hydrogens (tertiary/aromatic N) is 2. The highest BCUT2D eigenvalue weighted by molar-refractivity contribution is 4.76. The van der Waals surface area contributed by atoms with Crippen molar-refractivity contribution >= 4 is 0 Å². The first-order valence-corrected chi connectivity index (χ1v) is 15.2. The van der Waals surface area contributed by atoms with Gasteiger partial charge < -0.3 is 10.2 Å². The van der Waals surface area contributed by atoms with Crippen LogP contribution in [0.4, 0.5) is 0 Å². The van der Waals surface area contributed by atoms with Crippen molar-refractivity contribution in [1.82, 2.24) is 0 Å². The standard InChI is InChI=1S/C17H35NO3.C12H25NO3/c1-3-4-5-6-7-8-9-10-11-12-13-14-15-17(2,16-19)18(20)21;1-3-5-6-7-8-9-10-12(4-2,11-14)13(15)16/h19H,3-16H2,1-2H3;14H,3-11H2,1-2H3. The molecule has 0 radical (unpaired) electrons. The van der Waals surface area contributed by atoms with E-state index >= 15 is 0 Å². The molecule has 2 N–H and O–H groups in total. The van der Waals surface area contributed by atoms with Gasteiger partial charge in [-0.3, -0.25) is 20.2 Å². The molecule has 0 heterocycles. The fourth-order valence-corrected chi connectivity index (χ4v) is 4.46. The van der Waals surface area contributed by atoms with Crippen LogP contribution in [0.25, 0.3) is 0 Å². The Morgan fingerprint density at radius 3 is 1.16 bits per heavy atom. The summed E-state index contributed by atoms with van der Waals surface area (Å²) in [5.41, 5.74) is -2.23. The molecule has 8 nitrogen and oxygen atoms in total. The molecule has 0 saturated carbocycles. The molecule has 0 saturated heterocycles. The van der Waals surface area contributed by atoms with Gasteiger partial charge in [0, 0.05) is 36.0 Å². The van der Waals surface area contributed by atoms with Crippen molar-refractivity contribution in [3.8, 4) is 0 Å². The Balaban J connectivity index is 0. The third-order valence-corrected chi connectivity index (χ3v) is 7.69. The summed E-state index contributed by atoms with van der Waals surface area (Å²) < 4.78 is 0. The molecule has 222 valence electrons. The van der Waals surface area contributed by atoms with Gasteiger partial charge in [-0.15, -0.1) is 0 Å². The van der Waals surface area contributed by atoms with Gasteiger partial charge in [-0.2, -0.15) is 0 Å². The van der Waals surface area contributed by atoms with Crippen LogP contribution in [0.1, 0.15) is 163 Å². The zero-order chi connectivity index (χ0) is 28.4. The topological polar surface area (TPSA) is 127 Å². The predicted molar refractivity (Wildman–Crippen MR) is 153 cm³/mol. The van der Waals surface area contributed by atoms with Crippen molar-refractivity contribution in [3.63, 3.8) is 0 Å². The Bertz CT molecular complexity index is 542. The van der Waals surface area contributed by atoms with E-state index in [4.69, 9.17) is 10.2 Å². The van der Waals surface area contributed by atoms with E-state index in [9.17, 15) is 20.2 Å². The minimum atomic E-state index is -1.14. The van der Waals surface area contributed by atoms with Gasteiger partial charge in [-0.25, -0.2) is 0 Å². The van der Waals surface area contributed by atoms with Crippen molar-refractivity contribution in [3.05, 3.63) is 20.2 Å². The number of aliphatic hydroxyl groups excluding tert-OH is 2. The van der Waals surface area contributed by atoms with Gasteiger partial charge in [-0.05, 0) is 12.8 Å². The van der Waals surface area contributed by atoms with Crippen LogP contribution in [0.15, 0.2) is 0 Å². The molecule has 0 spiro atoms. The number of hydrogen-bond donors (Lipinski definition) is 2. The number of rotatable bonds is 25. The van der Waals surface area contributed by atoms with Crippen LogP contribution < -0.4 is 0 Å². The highest BCUT2D eigenvalue weighted by Crippen LogP contribution is 2.23. The molecule has 0 aliphatic heterocycles. The molecule has 37 heavy (non-hydrogen) atoms. The Labute approximate surface area is 227 Å². The fraction of sp³-hybridized carbons (Fsp3) is 1.00. The van der Waals surface area contributed by atoms with Crippen molar-refractivity contribution in [2.24, 2.45) is 0 Å². The van der Waals surface area contributed by atoms with Crippen molar-refractivity contribution in [2.75, 3.05) is 13.2 Å². The molecule has 0 aromatic heterocycles. The maximum absolute atomic E-state index is 10.9.